The van der Waals surface area contributed by atoms with Gasteiger partial charge >= 0.3 is 6.09 Å². The fourth-order valence-electron chi connectivity index (χ4n) is 4.86. The van der Waals surface area contributed by atoms with Crippen molar-refractivity contribution < 1.29 is 14.7 Å². The summed E-state index contributed by atoms with van der Waals surface area (Å²) in [5.41, 5.74) is 5.80. The van der Waals surface area contributed by atoms with Crippen LogP contribution in [0.1, 0.15) is 45.0 Å². The number of amides is 2. The molecule has 0 radical (unpaired) electrons. The van der Waals surface area contributed by atoms with E-state index in [4.69, 9.17) is 11.6 Å². The molecule has 2 aliphatic rings. The maximum atomic E-state index is 13.6. The predicted octanol–water partition coefficient (Wildman–Crippen LogP) is 3.34. The third kappa shape index (κ3) is 3.99. The molecule has 1 fully saturated rings. The maximum absolute atomic E-state index is 13.6. The fraction of sp³-hybridized carbons (Fsp3) is 0.417. The molecule has 1 aromatic carbocycles. The van der Waals surface area contributed by atoms with Crippen LogP contribution < -0.4 is 0 Å². The molecular formula is C24H27ClN6O3. The van der Waals surface area contributed by atoms with Crippen molar-refractivity contribution in [2.75, 3.05) is 26.2 Å². The van der Waals surface area contributed by atoms with E-state index in [0.29, 0.717) is 49.9 Å². The number of aryl methyl sites for hydroxylation is 2. The van der Waals surface area contributed by atoms with Gasteiger partial charge in [0.15, 0.2) is 5.65 Å². The van der Waals surface area contributed by atoms with Crippen molar-refractivity contribution in [2.45, 2.75) is 39.9 Å². The van der Waals surface area contributed by atoms with Gasteiger partial charge in [-0.1, -0.05) is 29.8 Å². The minimum Gasteiger partial charge on any atom is -0.465 e. The van der Waals surface area contributed by atoms with E-state index >= 15 is 0 Å². The molecular weight excluding hydrogens is 456 g/mol. The molecule has 1 N–H and O–H groups in total. The Morgan fingerprint density at radius 3 is 2.65 bits per heavy atom. The van der Waals surface area contributed by atoms with Crippen LogP contribution in [0.5, 0.6) is 0 Å². The van der Waals surface area contributed by atoms with Gasteiger partial charge in [-0.05, 0) is 31.9 Å². The standard InChI is InChI=1S/C24H27ClN6O3/c1-15-21(25)16(2)31-22(26-15)19-13-30(14-20(19)27-31)23(32)18-7-4-3-6-17(18)12-28-8-5-9-29(11-10-28)24(33)34/h3-4,6-7H,5,8-14H2,1-2H3,(H,33,34). The summed E-state index contributed by atoms with van der Waals surface area (Å²) in [4.78, 5) is 35.0. The average Bonchev–Trinajstić information content (AvgIpc) is 3.28. The van der Waals surface area contributed by atoms with E-state index in [0.717, 1.165) is 46.8 Å². The Morgan fingerprint density at radius 1 is 1.06 bits per heavy atom. The quantitative estimate of drug-likeness (QED) is 0.615. The predicted molar refractivity (Wildman–Crippen MR) is 127 cm³/mol. The first-order chi connectivity index (χ1) is 16.3. The van der Waals surface area contributed by atoms with Crippen LogP contribution in [0.3, 0.4) is 0 Å². The van der Waals surface area contributed by atoms with Crippen molar-refractivity contribution in [3.8, 4) is 0 Å². The van der Waals surface area contributed by atoms with Gasteiger partial charge in [0.2, 0.25) is 0 Å². The van der Waals surface area contributed by atoms with E-state index in [-0.39, 0.29) is 5.91 Å². The number of rotatable bonds is 3. The molecule has 0 aliphatic carbocycles. The second-order valence-corrected chi connectivity index (χ2v) is 9.35. The largest absolute Gasteiger partial charge is 0.465 e. The first kappa shape index (κ1) is 22.6. The molecule has 4 heterocycles. The second-order valence-electron chi connectivity index (χ2n) is 8.97. The Hall–Kier alpha value is -3.17. The molecule has 34 heavy (non-hydrogen) atoms. The highest BCUT2D eigenvalue weighted by Gasteiger charge is 2.31. The number of carbonyl (C=O) groups excluding carboxylic acids is 1. The summed E-state index contributed by atoms with van der Waals surface area (Å²) in [6, 6.07) is 7.68. The number of halogens is 1. The van der Waals surface area contributed by atoms with Crippen LogP contribution in [0.25, 0.3) is 5.65 Å². The number of carbonyl (C=O) groups is 2. The molecule has 2 aliphatic heterocycles. The summed E-state index contributed by atoms with van der Waals surface area (Å²) >= 11 is 6.35. The maximum Gasteiger partial charge on any atom is 0.407 e. The first-order valence-corrected chi connectivity index (χ1v) is 11.8. The molecule has 0 saturated carbocycles. The van der Waals surface area contributed by atoms with E-state index in [1.54, 1.807) is 4.52 Å². The lowest BCUT2D eigenvalue weighted by molar-refractivity contribution is 0.0747. The first-order valence-electron chi connectivity index (χ1n) is 11.4. The topological polar surface area (TPSA) is 94.3 Å². The van der Waals surface area contributed by atoms with Gasteiger partial charge in [-0.25, -0.2) is 14.3 Å². The number of fused-ring (bicyclic) bond motifs is 3. The number of hydrogen-bond acceptors (Lipinski definition) is 5. The van der Waals surface area contributed by atoms with Gasteiger partial charge in [-0.15, -0.1) is 0 Å². The molecule has 3 aromatic rings. The summed E-state index contributed by atoms with van der Waals surface area (Å²) in [6.45, 7) is 7.75. The molecule has 0 atom stereocenters. The number of hydrogen-bond donors (Lipinski definition) is 1. The van der Waals surface area contributed by atoms with Gasteiger partial charge in [0.05, 0.1) is 35.2 Å². The molecule has 0 unspecified atom stereocenters. The van der Waals surface area contributed by atoms with Gasteiger partial charge in [-0.3, -0.25) is 9.69 Å². The van der Waals surface area contributed by atoms with Gasteiger partial charge in [0.25, 0.3) is 5.91 Å². The van der Waals surface area contributed by atoms with Crippen LogP contribution in [-0.4, -0.2) is 72.6 Å². The zero-order valence-electron chi connectivity index (χ0n) is 19.3. The summed E-state index contributed by atoms with van der Waals surface area (Å²) in [7, 11) is 0. The zero-order valence-corrected chi connectivity index (χ0v) is 20.0. The Balaban J connectivity index is 1.35. The van der Waals surface area contributed by atoms with E-state index in [2.05, 4.69) is 15.0 Å². The summed E-state index contributed by atoms with van der Waals surface area (Å²) in [5, 5.41) is 14.6. The SMILES string of the molecule is Cc1nc2c3c(nn2c(C)c1Cl)CN(C(=O)c1ccccc1CN1CCCN(C(=O)O)CC1)C3. The van der Waals surface area contributed by atoms with Crippen LogP contribution in [0.4, 0.5) is 4.79 Å². The lowest BCUT2D eigenvalue weighted by Crippen LogP contribution is -2.34. The minimum atomic E-state index is -0.876. The average molecular weight is 483 g/mol. The molecule has 9 nitrogen and oxygen atoms in total. The van der Waals surface area contributed by atoms with Crippen molar-refractivity contribution in [2.24, 2.45) is 0 Å². The summed E-state index contributed by atoms with van der Waals surface area (Å²) < 4.78 is 1.77. The van der Waals surface area contributed by atoms with Crippen LogP contribution >= 0.6 is 11.6 Å². The molecule has 2 aromatic heterocycles. The fourth-order valence-corrected chi connectivity index (χ4v) is 4.98. The highest BCUT2D eigenvalue weighted by Crippen LogP contribution is 2.30. The zero-order chi connectivity index (χ0) is 24.0. The Bertz CT molecular complexity index is 1290. The third-order valence-electron chi connectivity index (χ3n) is 6.74. The van der Waals surface area contributed by atoms with Gasteiger partial charge < -0.3 is 14.9 Å². The lowest BCUT2D eigenvalue weighted by atomic mass is 10.1. The number of carboxylic acid groups (broad SMARTS) is 1. The Kier molecular flexibility index (Phi) is 5.91. The smallest absolute Gasteiger partial charge is 0.407 e. The second kappa shape index (κ2) is 8.88. The van der Waals surface area contributed by atoms with Gasteiger partial charge in [-0.2, -0.15) is 5.10 Å². The lowest BCUT2D eigenvalue weighted by Gasteiger charge is -2.23. The number of nitrogens with zero attached hydrogens (tertiary/aromatic N) is 6. The summed E-state index contributed by atoms with van der Waals surface area (Å²) in [6.07, 6.45) is -0.0983. The van der Waals surface area contributed by atoms with Crippen molar-refractivity contribution in [3.05, 3.63) is 63.1 Å². The molecule has 10 heteroatoms. The highest BCUT2D eigenvalue weighted by atomic mass is 35.5. The molecule has 1 saturated heterocycles. The van der Waals surface area contributed by atoms with Gasteiger partial charge in [0.1, 0.15) is 0 Å². The van der Waals surface area contributed by atoms with Crippen molar-refractivity contribution in [3.63, 3.8) is 0 Å². The van der Waals surface area contributed by atoms with Crippen LogP contribution in [0.2, 0.25) is 5.02 Å². The van der Waals surface area contributed by atoms with Crippen LogP contribution in [0, 0.1) is 13.8 Å². The third-order valence-corrected chi connectivity index (χ3v) is 7.29. The number of aromatic nitrogens is 3. The van der Waals surface area contributed by atoms with Crippen molar-refractivity contribution in [1.82, 2.24) is 29.3 Å². The minimum absolute atomic E-state index is 0.0314. The molecule has 178 valence electrons. The molecule has 0 bridgehead atoms. The van der Waals surface area contributed by atoms with Crippen molar-refractivity contribution >= 4 is 29.2 Å². The molecule has 2 amide bonds. The highest BCUT2D eigenvalue weighted by molar-refractivity contribution is 6.31. The number of benzene rings is 1. The van der Waals surface area contributed by atoms with Gasteiger partial charge in [0, 0.05) is 43.9 Å². The van der Waals surface area contributed by atoms with E-state index in [9.17, 15) is 14.7 Å². The molecule has 0 spiro atoms. The summed E-state index contributed by atoms with van der Waals surface area (Å²) in [5.74, 6) is -0.0314. The normalized spacial score (nSPS) is 16.7. The van der Waals surface area contributed by atoms with Crippen LogP contribution in [0.15, 0.2) is 24.3 Å². The van der Waals surface area contributed by atoms with Crippen LogP contribution in [-0.2, 0) is 19.6 Å². The van der Waals surface area contributed by atoms with Crippen molar-refractivity contribution in [1.29, 1.82) is 0 Å². The van der Waals surface area contributed by atoms with E-state index in [1.165, 1.54) is 4.90 Å². The van der Waals surface area contributed by atoms with E-state index < -0.39 is 6.09 Å². The Morgan fingerprint density at radius 2 is 1.85 bits per heavy atom. The monoisotopic (exact) mass is 482 g/mol. The Labute approximate surface area is 202 Å². The molecule has 5 rings (SSSR count). The van der Waals surface area contributed by atoms with E-state index in [1.807, 2.05) is 43.0 Å².